The zero-order chi connectivity index (χ0) is 22.9. The predicted octanol–water partition coefficient (Wildman–Crippen LogP) is 3.96. The van der Waals surface area contributed by atoms with Gasteiger partial charge in [0.2, 0.25) is 5.91 Å². The molecule has 32 heavy (non-hydrogen) atoms. The van der Waals surface area contributed by atoms with Crippen LogP contribution >= 0.6 is 0 Å². The van der Waals surface area contributed by atoms with Gasteiger partial charge in [-0.05, 0) is 63.3 Å². The molecular formula is C26H34N2O4. The van der Waals surface area contributed by atoms with Crippen molar-refractivity contribution in [1.29, 1.82) is 0 Å². The number of amides is 2. The van der Waals surface area contributed by atoms with Crippen LogP contribution in [0.25, 0.3) is 0 Å². The molecule has 6 heteroatoms. The Morgan fingerprint density at radius 3 is 2.28 bits per heavy atom. The number of rotatable bonds is 9. The largest absolute Gasteiger partial charge is 0.493 e. The average Bonchev–Trinajstić information content (AvgIpc) is 2.78. The van der Waals surface area contributed by atoms with Crippen molar-refractivity contribution in [2.24, 2.45) is 0 Å². The zero-order valence-electron chi connectivity index (χ0n) is 19.4. The van der Waals surface area contributed by atoms with Crippen molar-refractivity contribution in [3.63, 3.8) is 0 Å². The van der Waals surface area contributed by atoms with Crippen LogP contribution in [-0.2, 0) is 9.59 Å². The molecule has 2 amide bonds. The summed E-state index contributed by atoms with van der Waals surface area (Å²) in [5.74, 6) is 1.64. The Labute approximate surface area is 190 Å². The van der Waals surface area contributed by atoms with E-state index in [-0.39, 0.29) is 24.5 Å². The number of piperidine rings is 1. The second kappa shape index (κ2) is 11.6. The third-order valence-corrected chi connectivity index (χ3v) is 5.80. The van der Waals surface area contributed by atoms with Crippen LogP contribution in [0, 0.1) is 20.8 Å². The summed E-state index contributed by atoms with van der Waals surface area (Å²) in [6.07, 6.45) is 2.64. The predicted molar refractivity (Wildman–Crippen MR) is 125 cm³/mol. The number of hydrogen-bond acceptors (Lipinski definition) is 4. The fraction of sp³-hybridized carbons (Fsp3) is 0.462. The number of likely N-dealkylation sites (tertiary alicyclic amines) is 1. The molecule has 0 aliphatic carbocycles. The van der Waals surface area contributed by atoms with Crippen molar-refractivity contribution in [3.05, 3.63) is 59.2 Å². The number of carbonyl (C=O) groups excluding carboxylic acids is 2. The maximum absolute atomic E-state index is 12.4. The van der Waals surface area contributed by atoms with E-state index in [0.29, 0.717) is 38.3 Å². The molecule has 0 bridgehead atoms. The number of ether oxygens (including phenoxy) is 2. The third kappa shape index (κ3) is 7.01. The van der Waals surface area contributed by atoms with Gasteiger partial charge in [0.1, 0.15) is 11.5 Å². The third-order valence-electron chi connectivity index (χ3n) is 5.80. The Morgan fingerprint density at radius 1 is 0.969 bits per heavy atom. The molecule has 0 atom stereocenters. The minimum atomic E-state index is -0.0148. The monoisotopic (exact) mass is 438 g/mol. The molecule has 1 aliphatic rings. The Hall–Kier alpha value is -3.02. The van der Waals surface area contributed by atoms with Gasteiger partial charge in [0.05, 0.1) is 6.61 Å². The molecule has 0 saturated carbocycles. The van der Waals surface area contributed by atoms with Crippen LogP contribution in [0.15, 0.2) is 42.5 Å². The van der Waals surface area contributed by atoms with Gasteiger partial charge in [0.25, 0.3) is 5.91 Å². The summed E-state index contributed by atoms with van der Waals surface area (Å²) < 4.78 is 11.5. The molecule has 1 N–H and O–H groups in total. The highest BCUT2D eigenvalue weighted by Gasteiger charge is 2.24. The van der Waals surface area contributed by atoms with Crippen LogP contribution in [0.1, 0.15) is 42.4 Å². The molecule has 6 nitrogen and oxygen atoms in total. The SMILES string of the molecule is Cc1ccc(OCC(=O)N2CCC(NC(=O)CCCOc3c(C)cccc3C)CC2)cc1. The first-order valence-electron chi connectivity index (χ1n) is 11.4. The molecule has 2 aromatic carbocycles. The van der Waals surface area contributed by atoms with Crippen molar-refractivity contribution in [2.45, 2.75) is 52.5 Å². The lowest BCUT2D eigenvalue weighted by Gasteiger charge is -2.32. The minimum absolute atomic E-state index is 0.0148. The topological polar surface area (TPSA) is 67.9 Å². The number of aryl methyl sites for hydroxylation is 3. The minimum Gasteiger partial charge on any atom is -0.493 e. The van der Waals surface area contributed by atoms with Crippen LogP contribution in [-0.4, -0.2) is 49.1 Å². The van der Waals surface area contributed by atoms with Gasteiger partial charge in [-0.2, -0.15) is 0 Å². The van der Waals surface area contributed by atoms with Crippen LogP contribution < -0.4 is 14.8 Å². The molecule has 0 unspecified atom stereocenters. The maximum atomic E-state index is 12.4. The first kappa shape index (κ1) is 23.6. The van der Waals surface area contributed by atoms with Gasteiger partial charge in [-0.25, -0.2) is 0 Å². The van der Waals surface area contributed by atoms with Crippen molar-refractivity contribution < 1.29 is 19.1 Å². The molecule has 1 heterocycles. The molecule has 0 spiro atoms. The number of hydrogen-bond donors (Lipinski definition) is 1. The van der Waals surface area contributed by atoms with Gasteiger partial charge >= 0.3 is 0 Å². The van der Waals surface area contributed by atoms with Crippen LogP contribution in [0.2, 0.25) is 0 Å². The first-order chi connectivity index (χ1) is 15.4. The number of carbonyl (C=O) groups is 2. The van der Waals surface area contributed by atoms with Gasteiger partial charge < -0.3 is 19.7 Å². The van der Waals surface area contributed by atoms with E-state index in [9.17, 15) is 9.59 Å². The Morgan fingerprint density at radius 2 is 1.62 bits per heavy atom. The molecule has 0 radical (unpaired) electrons. The summed E-state index contributed by atoms with van der Waals surface area (Å²) in [4.78, 5) is 26.5. The molecular weight excluding hydrogens is 404 g/mol. The molecule has 1 aliphatic heterocycles. The van der Waals surface area contributed by atoms with Gasteiger partial charge in [0.15, 0.2) is 6.61 Å². The van der Waals surface area contributed by atoms with E-state index in [0.717, 1.165) is 35.3 Å². The van der Waals surface area contributed by atoms with Crippen LogP contribution in [0.5, 0.6) is 11.5 Å². The smallest absolute Gasteiger partial charge is 0.260 e. The summed E-state index contributed by atoms with van der Waals surface area (Å²) in [7, 11) is 0. The van der Waals surface area contributed by atoms with Crippen molar-refractivity contribution in [1.82, 2.24) is 10.2 Å². The lowest BCUT2D eigenvalue weighted by molar-refractivity contribution is -0.134. The zero-order valence-corrected chi connectivity index (χ0v) is 19.4. The van der Waals surface area contributed by atoms with Crippen molar-refractivity contribution in [2.75, 3.05) is 26.3 Å². The summed E-state index contributed by atoms with van der Waals surface area (Å²) in [6.45, 7) is 7.90. The number of nitrogens with one attached hydrogen (secondary N) is 1. The molecule has 1 saturated heterocycles. The van der Waals surface area contributed by atoms with E-state index in [4.69, 9.17) is 9.47 Å². The molecule has 2 aromatic rings. The lowest BCUT2D eigenvalue weighted by Crippen LogP contribution is -2.47. The summed E-state index contributed by atoms with van der Waals surface area (Å²) >= 11 is 0. The lowest BCUT2D eigenvalue weighted by atomic mass is 10.0. The van der Waals surface area contributed by atoms with E-state index in [1.54, 1.807) is 0 Å². The fourth-order valence-electron chi connectivity index (χ4n) is 3.88. The van der Waals surface area contributed by atoms with Crippen LogP contribution in [0.4, 0.5) is 0 Å². The first-order valence-corrected chi connectivity index (χ1v) is 11.4. The van der Waals surface area contributed by atoms with E-state index in [1.165, 1.54) is 0 Å². The average molecular weight is 439 g/mol. The van der Waals surface area contributed by atoms with Crippen molar-refractivity contribution in [3.8, 4) is 11.5 Å². The van der Waals surface area contributed by atoms with Gasteiger partial charge in [-0.15, -0.1) is 0 Å². The summed E-state index contributed by atoms with van der Waals surface area (Å²) in [5, 5.41) is 3.10. The van der Waals surface area contributed by atoms with Gasteiger partial charge in [0, 0.05) is 25.6 Å². The molecule has 3 rings (SSSR count). The highest BCUT2D eigenvalue weighted by molar-refractivity contribution is 5.78. The highest BCUT2D eigenvalue weighted by atomic mass is 16.5. The van der Waals surface area contributed by atoms with E-state index in [2.05, 4.69) is 5.32 Å². The van der Waals surface area contributed by atoms with Gasteiger partial charge in [-0.3, -0.25) is 9.59 Å². The number of para-hydroxylation sites is 1. The van der Waals surface area contributed by atoms with Crippen molar-refractivity contribution >= 4 is 11.8 Å². The van der Waals surface area contributed by atoms with Crippen LogP contribution in [0.3, 0.4) is 0 Å². The number of nitrogens with zero attached hydrogens (tertiary/aromatic N) is 1. The fourth-order valence-corrected chi connectivity index (χ4v) is 3.88. The standard InChI is InChI=1S/C26H34N2O4/c1-19-9-11-23(12-10-19)32-18-25(30)28-15-13-22(14-16-28)27-24(29)8-5-17-31-26-20(2)6-4-7-21(26)3/h4,6-7,9-12,22H,5,8,13-18H2,1-3H3,(H,27,29). The second-order valence-corrected chi connectivity index (χ2v) is 8.50. The maximum Gasteiger partial charge on any atom is 0.260 e. The molecule has 1 fully saturated rings. The van der Waals surface area contributed by atoms with E-state index >= 15 is 0 Å². The summed E-state index contributed by atoms with van der Waals surface area (Å²) in [6, 6.07) is 13.9. The highest BCUT2D eigenvalue weighted by Crippen LogP contribution is 2.22. The Balaban J connectivity index is 1.30. The van der Waals surface area contributed by atoms with E-state index < -0.39 is 0 Å². The Bertz CT molecular complexity index is 882. The number of benzene rings is 2. The quantitative estimate of drug-likeness (QED) is 0.602. The second-order valence-electron chi connectivity index (χ2n) is 8.50. The van der Waals surface area contributed by atoms with E-state index in [1.807, 2.05) is 68.1 Å². The van der Waals surface area contributed by atoms with Gasteiger partial charge in [-0.1, -0.05) is 35.9 Å². The molecule has 172 valence electrons. The molecule has 0 aromatic heterocycles. The Kier molecular flexibility index (Phi) is 8.54. The summed E-state index contributed by atoms with van der Waals surface area (Å²) in [5.41, 5.74) is 3.38. The normalized spacial score (nSPS) is 14.2.